The van der Waals surface area contributed by atoms with Crippen molar-refractivity contribution in [1.82, 2.24) is 19.2 Å². The Labute approximate surface area is 189 Å². The fourth-order valence-corrected chi connectivity index (χ4v) is 6.29. The van der Waals surface area contributed by atoms with Gasteiger partial charge in [0.05, 0.1) is 30.6 Å². The number of ether oxygens (including phenoxy) is 2. The maximum Gasteiger partial charge on any atom is 0.352 e. The topological polar surface area (TPSA) is 73.9 Å². The van der Waals surface area contributed by atoms with E-state index in [1.54, 1.807) is 18.4 Å². The van der Waals surface area contributed by atoms with Crippen molar-refractivity contribution in [3.8, 4) is 5.75 Å². The van der Waals surface area contributed by atoms with E-state index in [9.17, 15) is 4.79 Å². The van der Waals surface area contributed by atoms with Gasteiger partial charge in [-0.2, -0.15) is 9.61 Å². The molecule has 2 aliphatic heterocycles. The van der Waals surface area contributed by atoms with Crippen LogP contribution in [0.15, 0.2) is 35.4 Å². The number of benzene rings is 1. The lowest BCUT2D eigenvalue weighted by Crippen LogP contribution is -2.33. The molecule has 4 aromatic rings. The summed E-state index contributed by atoms with van der Waals surface area (Å²) < 4.78 is 14.2. The average molecular weight is 452 g/mol. The molecule has 3 aromatic heterocycles. The summed E-state index contributed by atoms with van der Waals surface area (Å²) in [7, 11) is 1.65. The van der Waals surface area contributed by atoms with E-state index in [1.165, 1.54) is 21.4 Å². The predicted molar refractivity (Wildman–Crippen MR) is 124 cm³/mol. The Kier molecular flexibility index (Phi) is 4.87. The molecule has 9 heteroatoms. The Morgan fingerprint density at radius 2 is 2.16 bits per heavy atom. The van der Waals surface area contributed by atoms with Gasteiger partial charge in [-0.05, 0) is 42.5 Å². The molecule has 0 aliphatic carbocycles. The van der Waals surface area contributed by atoms with Gasteiger partial charge in [0.25, 0.3) is 0 Å². The van der Waals surface area contributed by atoms with Crippen molar-refractivity contribution in [3.63, 3.8) is 0 Å². The highest BCUT2D eigenvalue weighted by Crippen LogP contribution is 2.43. The third kappa shape index (κ3) is 3.18. The fourth-order valence-electron chi connectivity index (χ4n) is 4.92. The number of thiophene rings is 1. The molecule has 0 N–H and O–H groups in total. The molecule has 166 valence electrons. The second kappa shape index (κ2) is 7.90. The minimum atomic E-state index is -0.157. The molecule has 1 fully saturated rings. The van der Waals surface area contributed by atoms with E-state index in [0.717, 1.165) is 67.1 Å². The van der Waals surface area contributed by atoms with Gasteiger partial charge in [0.2, 0.25) is 0 Å². The Morgan fingerprint density at radius 3 is 2.94 bits per heavy atom. The van der Waals surface area contributed by atoms with Gasteiger partial charge in [-0.15, -0.1) is 0 Å². The van der Waals surface area contributed by atoms with Crippen molar-refractivity contribution >= 4 is 32.2 Å². The number of aryl methyl sites for hydroxylation is 1. The van der Waals surface area contributed by atoms with Crippen molar-refractivity contribution in [2.45, 2.75) is 25.8 Å². The van der Waals surface area contributed by atoms with E-state index < -0.39 is 0 Å². The van der Waals surface area contributed by atoms with Crippen molar-refractivity contribution in [1.29, 1.82) is 0 Å². The molecule has 0 saturated carbocycles. The molecule has 1 aromatic carbocycles. The molecule has 5 heterocycles. The number of nitrogens with zero attached hydrogens (tertiary/aromatic N) is 5. The summed E-state index contributed by atoms with van der Waals surface area (Å²) in [5, 5.41) is 6.60. The lowest BCUT2D eigenvalue weighted by Gasteiger charge is -2.30. The number of aromatic nitrogens is 4. The highest BCUT2D eigenvalue weighted by Gasteiger charge is 2.29. The third-order valence-electron chi connectivity index (χ3n) is 6.54. The van der Waals surface area contributed by atoms with Gasteiger partial charge >= 0.3 is 5.69 Å². The van der Waals surface area contributed by atoms with Gasteiger partial charge < -0.3 is 14.4 Å². The molecule has 0 bridgehead atoms. The summed E-state index contributed by atoms with van der Waals surface area (Å²) in [5.74, 6) is 1.37. The number of anilines is 1. The van der Waals surface area contributed by atoms with E-state index in [-0.39, 0.29) is 5.69 Å². The van der Waals surface area contributed by atoms with E-state index in [0.29, 0.717) is 18.1 Å². The summed E-state index contributed by atoms with van der Waals surface area (Å²) in [6, 6.07) is 7.86. The zero-order valence-corrected chi connectivity index (χ0v) is 18.8. The Bertz CT molecular complexity index is 1330. The first-order valence-electron chi connectivity index (χ1n) is 11.1. The normalized spacial score (nSPS) is 18.5. The molecule has 1 unspecified atom stereocenters. The van der Waals surface area contributed by atoms with E-state index in [2.05, 4.69) is 15.0 Å². The summed E-state index contributed by atoms with van der Waals surface area (Å²) in [6.07, 6.45) is 4.70. The first-order chi connectivity index (χ1) is 15.7. The number of hydrogen-bond donors (Lipinski definition) is 0. The molecule has 0 radical (unpaired) electrons. The first kappa shape index (κ1) is 19.8. The standard InChI is InChI=1S/C23H25N5O3S/c1-30-17-6-4-15(5-7-17)12-27-22-19(20-24-14-25-28(20)23(27)29)18-3-2-9-26(21(18)32-22)11-16-8-10-31-13-16/h4-7,14,16H,2-3,8-13H2,1H3. The van der Waals surface area contributed by atoms with Crippen LogP contribution in [0.5, 0.6) is 5.75 Å². The molecular weight excluding hydrogens is 426 g/mol. The van der Waals surface area contributed by atoms with Crippen LogP contribution in [0.25, 0.3) is 15.9 Å². The van der Waals surface area contributed by atoms with Gasteiger partial charge in [0, 0.05) is 25.6 Å². The number of hydrogen-bond acceptors (Lipinski definition) is 7. The van der Waals surface area contributed by atoms with Crippen molar-refractivity contribution in [3.05, 3.63) is 52.2 Å². The maximum atomic E-state index is 13.4. The van der Waals surface area contributed by atoms with Crippen LogP contribution >= 0.6 is 11.3 Å². The average Bonchev–Trinajstić information content (AvgIpc) is 3.56. The lowest BCUT2D eigenvalue weighted by molar-refractivity contribution is 0.186. The predicted octanol–water partition coefficient (Wildman–Crippen LogP) is 2.95. The fraction of sp³-hybridized carbons (Fsp3) is 0.435. The van der Waals surface area contributed by atoms with Gasteiger partial charge in [-0.1, -0.05) is 23.5 Å². The Hall–Kier alpha value is -2.91. The quantitative estimate of drug-likeness (QED) is 0.465. The summed E-state index contributed by atoms with van der Waals surface area (Å²) in [4.78, 5) is 21.3. The minimum absolute atomic E-state index is 0.157. The second-order valence-corrected chi connectivity index (χ2v) is 9.53. The minimum Gasteiger partial charge on any atom is -0.497 e. The van der Waals surface area contributed by atoms with Crippen LogP contribution in [0.1, 0.15) is 24.0 Å². The molecule has 6 rings (SSSR count). The van der Waals surface area contributed by atoms with Crippen LogP contribution in [-0.2, 0) is 17.7 Å². The van der Waals surface area contributed by atoms with Crippen LogP contribution in [-0.4, -0.2) is 52.6 Å². The molecule has 0 spiro atoms. The third-order valence-corrected chi connectivity index (χ3v) is 7.86. The van der Waals surface area contributed by atoms with Gasteiger partial charge in [0.15, 0.2) is 5.65 Å². The lowest BCUT2D eigenvalue weighted by atomic mass is 10.0. The largest absolute Gasteiger partial charge is 0.497 e. The Morgan fingerprint density at radius 1 is 1.28 bits per heavy atom. The Balaban J connectivity index is 1.50. The summed E-state index contributed by atoms with van der Waals surface area (Å²) >= 11 is 1.72. The molecule has 2 aliphatic rings. The molecule has 0 amide bonds. The van der Waals surface area contributed by atoms with Crippen LogP contribution in [0, 0.1) is 5.92 Å². The summed E-state index contributed by atoms with van der Waals surface area (Å²) in [6.45, 7) is 4.23. The smallest absolute Gasteiger partial charge is 0.352 e. The molecule has 1 saturated heterocycles. The van der Waals surface area contributed by atoms with Crippen LogP contribution in [0.3, 0.4) is 0 Å². The number of rotatable bonds is 5. The van der Waals surface area contributed by atoms with Gasteiger partial charge in [-0.3, -0.25) is 4.57 Å². The van der Waals surface area contributed by atoms with Gasteiger partial charge in [-0.25, -0.2) is 9.78 Å². The molecule has 1 atom stereocenters. The van der Waals surface area contributed by atoms with Crippen molar-refractivity contribution in [2.75, 3.05) is 38.3 Å². The van der Waals surface area contributed by atoms with E-state index in [1.807, 2.05) is 28.8 Å². The molecule has 8 nitrogen and oxygen atoms in total. The highest BCUT2D eigenvalue weighted by molar-refractivity contribution is 7.22. The summed E-state index contributed by atoms with van der Waals surface area (Å²) in [5.41, 5.74) is 2.85. The van der Waals surface area contributed by atoms with E-state index in [4.69, 9.17) is 9.47 Å². The van der Waals surface area contributed by atoms with Crippen molar-refractivity contribution in [2.24, 2.45) is 5.92 Å². The maximum absolute atomic E-state index is 13.4. The zero-order valence-electron chi connectivity index (χ0n) is 18.0. The molecular formula is C23H25N5O3S. The van der Waals surface area contributed by atoms with Crippen LogP contribution in [0.2, 0.25) is 0 Å². The van der Waals surface area contributed by atoms with E-state index >= 15 is 0 Å². The first-order valence-corrected chi connectivity index (χ1v) is 11.9. The monoisotopic (exact) mass is 451 g/mol. The van der Waals surface area contributed by atoms with Crippen molar-refractivity contribution < 1.29 is 9.47 Å². The SMILES string of the molecule is COc1ccc(Cn2c(=O)n3ncnc3c3c4c(sc32)N(CC2CCOC2)CCC4)cc1. The second-order valence-electron chi connectivity index (χ2n) is 8.56. The van der Waals surface area contributed by atoms with Crippen LogP contribution < -0.4 is 15.3 Å². The number of methoxy groups -OCH3 is 1. The highest BCUT2D eigenvalue weighted by atomic mass is 32.1. The zero-order chi connectivity index (χ0) is 21.7. The number of fused-ring (bicyclic) bond motifs is 5. The molecule has 32 heavy (non-hydrogen) atoms. The van der Waals surface area contributed by atoms with Gasteiger partial charge in [0.1, 0.15) is 16.9 Å². The van der Waals surface area contributed by atoms with Crippen LogP contribution in [0.4, 0.5) is 5.00 Å².